The molecule has 2 rings (SSSR count). The molecule has 138 valence electrons. The maximum absolute atomic E-state index is 12.2. The lowest BCUT2D eigenvalue weighted by Gasteiger charge is -2.13. The Bertz CT molecular complexity index is 866. The van der Waals surface area contributed by atoms with Crippen molar-refractivity contribution in [3.05, 3.63) is 60.2 Å². The molecule has 0 saturated heterocycles. The zero-order valence-electron chi connectivity index (χ0n) is 14.5. The molecule has 0 aliphatic heterocycles. The van der Waals surface area contributed by atoms with E-state index in [-0.39, 0.29) is 22.0 Å². The summed E-state index contributed by atoms with van der Waals surface area (Å²) in [5.41, 5.74) is 1.07. The monoisotopic (exact) mass is 391 g/mol. The van der Waals surface area contributed by atoms with E-state index in [9.17, 15) is 13.2 Å². The molecular formula is C18H21N3O3S2. The fourth-order valence-corrected chi connectivity index (χ4v) is 3.60. The van der Waals surface area contributed by atoms with Gasteiger partial charge in [-0.2, -0.15) is 0 Å². The molecule has 8 heteroatoms. The van der Waals surface area contributed by atoms with Crippen molar-refractivity contribution in [1.82, 2.24) is 10.0 Å². The fraction of sp³-hybridized carbons (Fsp3) is 0.222. The number of carbonyl (C=O) groups excluding carboxylic acids is 1. The number of sulfonamides is 1. The minimum atomic E-state index is -3.55. The summed E-state index contributed by atoms with van der Waals surface area (Å²) in [5, 5.41) is 5.56. The van der Waals surface area contributed by atoms with Crippen LogP contribution in [0.4, 0.5) is 5.69 Å². The van der Waals surface area contributed by atoms with Gasteiger partial charge in [0.05, 0.1) is 4.90 Å². The van der Waals surface area contributed by atoms with Crippen LogP contribution < -0.4 is 15.4 Å². The van der Waals surface area contributed by atoms with Crippen molar-refractivity contribution in [2.45, 2.75) is 31.2 Å². The van der Waals surface area contributed by atoms with E-state index in [1.165, 1.54) is 12.1 Å². The number of thiocarbonyl (C=S) groups is 1. The van der Waals surface area contributed by atoms with Crippen LogP contribution in [0, 0.1) is 0 Å². The number of amides is 1. The lowest BCUT2D eigenvalue weighted by molar-refractivity contribution is 0.0977. The number of carbonyl (C=O) groups is 1. The van der Waals surface area contributed by atoms with Crippen LogP contribution in [0.3, 0.4) is 0 Å². The van der Waals surface area contributed by atoms with Crippen molar-refractivity contribution < 1.29 is 13.2 Å². The van der Waals surface area contributed by atoms with E-state index < -0.39 is 10.0 Å². The predicted molar refractivity (Wildman–Crippen MR) is 107 cm³/mol. The van der Waals surface area contributed by atoms with Gasteiger partial charge in [-0.25, -0.2) is 13.1 Å². The molecule has 0 aliphatic carbocycles. The van der Waals surface area contributed by atoms with Crippen LogP contribution >= 0.6 is 12.2 Å². The Balaban J connectivity index is 1.98. The van der Waals surface area contributed by atoms with Gasteiger partial charge in [0.1, 0.15) is 0 Å². The summed E-state index contributed by atoms with van der Waals surface area (Å²) in [5.74, 6) is -0.319. The van der Waals surface area contributed by atoms with Crippen LogP contribution in [0.5, 0.6) is 0 Å². The van der Waals surface area contributed by atoms with E-state index in [1.54, 1.807) is 43.3 Å². The van der Waals surface area contributed by atoms with E-state index in [0.29, 0.717) is 17.7 Å². The highest BCUT2D eigenvalue weighted by molar-refractivity contribution is 7.89. The molecule has 0 bridgehead atoms. The minimum Gasteiger partial charge on any atom is -0.332 e. The summed E-state index contributed by atoms with van der Waals surface area (Å²) in [7, 11) is -3.55. The summed E-state index contributed by atoms with van der Waals surface area (Å²) in [4.78, 5) is 12.2. The molecular weight excluding hydrogens is 370 g/mol. The number of hydrogen-bond acceptors (Lipinski definition) is 4. The molecule has 3 N–H and O–H groups in total. The van der Waals surface area contributed by atoms with Crippen molar-refractivity contribution in [2.24, 2.45) is 0 Å². The van der Waals surface area contributed by atoms with Crippen LogP contribution in [0.2, 0.25) is 0 Å². The second-order valence-corrected chi connectivity index (χ2v) is 7.85. The summed E-state index contributed by atoms with van der Waals surface area (Å²) < 4.78 is 27.0. The zero-order valence-corrected chi connectivity index (χ0v) is 16.2. The van der Waals surface area contributed by atoms with Gasteiger partial charge in [0.2, 0.25) is 10.0 Å². The maximum Gasteiger partial charge on any atom is 0.257 e. The number of rotatable bonds is 6. The molecule has 2 aromatic rings. The van der Waals surface area contributed by atoms with Gasteiger partial charge in [0.15, 0.2) is 5.11 Å². The highest BCUT2D eigenvalue weighted by atomic mass is 32.2. The highest BCUT2D eigenvalue weighted by Crippen LogP contribution is 2.14. The molecule has 0 radical (unpaired) electrons. The van der Waals surface area contributed by atoms with Gasteiger partial charge in [-0.1, -0.05) is 25.1 Å². The van der Waals surface area contributed by atoms with Gasteiger partial charge in [0, 0.05) is 17.3 Å². The van der Waals surface area contributed by atoms with E-state index >= 15 is 0 Å². The molecule has 0 aromatic heterocycles. The quantitative estimate of drug-likeness (QED) is 0.659. The lowest BCUT2D eigenvalue weighted by atomic mass is 10.2. The van der Waals surface area contributed by atoms with Crippen molar-refractivity contribution in [3.63, 3.8) is 0 Å². The smallest absolute Gasteiger partial charge is 0.257 e. The third-order valence-corrected chi connectivity index (χ3v) is 5.46. The SMILES string of the molecule is CCC(C)NS(=O)(=O)c1ccc(NC(=S)NC(=O)c2ccccc2)cc1. The first-order valence-corrected chi connectivity index (χ1v) is 10.0. The first-order valence-electron chi connectivity index (χ1n) is 8.11. The Labute approximate surface area is 159 Å². The van der Waals surface area contributed by atoms with E-state index in [4.69, 9.17) is 12.2 Å². The van der Waals surface area contributed by atoms with Crippen LogP contribution in [-0.4, -0.2) is 25.5 Å². The van der Waals surface area contributed by atoms with Crippen LogP contribution in [0.1, 0.15) is 30.6 Å². The van der Waals surface area contributed by atoms with Gasteiger partial charge in [0.25, 0.3) is 5.91 Å². The van der Waals surface area contributed by atoms with Crippen LogP contribution in [0.15, 0.2) is 59.5 Å². The van der Waals surface area contributed by atoms with Crippen molar-refractivity contribution in [2.75, 3.05) is 5.32 Å². The summed E-state index contributed by atoms with van der Waals surface area (Å²) in [6.07, 6.45) is 0.703. The van der Waals surface area contributed by atoms with Crippen molar-refractivity contribution in [3.8, 4) is 0 Å². The Morgan fingerprint density at radius 1 is 1.08 bits per heavy atom. The molecule has 0 fully saturated rings. The summed E-state index contributed by atoms with van der Waals surface area (Å²) in [6, 6.07) is 14.7. The molecule has 26 heavy (non-hydrogen) atoms. The molecule has 6 nitrogen and oxygen atoms in total. The molecule has 0 heterocycles. The van der Waals surface area contributed by atoms with E-state index in [1.807, 2.05) is 13.0 Å². The standard InChI is InChI=1S/C18H21N3O3S2/c1-3-13(2)21-26(23,24)16-11-9-15(10-12-16)19-18(25)20-17(22)14-7-5-4-6-8-14/h4-13,21H,3H2,1-2H3,(H2,19,20,22,25). The second kappa shape index (κ2) is 8.88. The van der Waals surface area contributed by atoms with Crippen LogP contribution in [0.25, 0.3) is 0 Å². The van der Waals surface area contributed by atoms with E-state index in [0.717, 1.165) is 0 Å². The maximum atomic E-state index is 12.2. The average Bonchev–Trinajstić information content (AvgIpc) is 2.62. The number of hydrogen-bond donors (Lipinski definition) is 3. The highest BCUT2D eigenvalue weighted by Gasteiger charge is 2.16. The summed E-state index contributed by atoms with van der Waals surface area (Å²) >= 11 is 5.12. The fourth-order valence-electron chi connectivity index (χ4n) is 2.06. The number of benzene rings is 2. The second-order valence-electron chi connectivity index (χ2n) is 5.73. The first kappa shape index (κ1) is 20.0. The Hall–Kier alpha value is -2.29. The number of nitrogens with one attached hydrogen (secondary N) is 3. The summed E-state index contributed by atoms with van der Waals surface area (Å²) in [6.45, 7) is 3.71. The van der Waals surface area contributed by atoms with Gasteiger partial charge in [-0.15, -0.1) is 0 Å². The minimum absolute atomic E-state index is 0.132. The molecule has 2 aromatic carbocycles. The Morgan fingerprint density at radius 3 is 2.27 bits per heavy atom. The lowest BCUT2D eigenvalue weighted by Crippen LogP contribution is -2.34. The Kier molecular flexibility index (Phi) is 6.84. The van der Waals surface area contributed by atoms with Crippen LogP contribution in [-0.2, 0) is 10.0 Å². The first-order chi connectivity index (χ1) is 12.3. The predicted octanol–water partition coefficient (Wildman–Crippen LogP) is 2.89. The zero-order chi connectivity index (χ0) is 19.2. The molecule has 0 spiro atoms. The molecule has 1 unspecified atom stereocenters. The van der Waals surface area contributed by atoms with Crippen molar-refractivity contribution >= 4 is 38.9 Å². The average molecular weight is 392 g/mol. The largest absolute Gasteiger partial charge is 0.332 e. The Morgan fingerprint density at radius 2 is 1.69 bits per heavy atom. The van der Waals surface area contributed by atoms with Gasteiger partial charge >= 0.3 is 0 Å². The van der Waals surface area contributed by atoms with E-state index in [2.05, 4.69) is 15.4 Å². The normalized spacial score (nSPS) is 12.2. The molecule has 0 aliphatic rings. The van der Waals surface area contributed by atoms with Crippen molar-refractivity contribution in [1.29, 1.82) is 0 Å². The third kappa shape index (κ3) is 5.62. The number of anilines is 1. The molecule has 0 saturated carbocycles. The molecule has 1 atom stereocenters. The van der Waals surface area contributed by atoms with Gasteiger partial charge < -0.3 is 5.32 Å². The van der Waals surface area contributed by atoms with Gasteiger partial charge in [-0.05, 0) is 62.0 Å². The van der Waals surface area contributed by atoms with Gasteiger partial charge in [-0.3, -0.25) is 10.1 Å². The topological polar surface area (TPSA) is 87.3 Å². The molecule has 1 amide bonds. The third-order valence-electron chi connectivity index (χ3n) is 3.65.